The molecular formula is C24H38F2N2O4. The zero-order chi connectivity index (χ0) is 24.1. The molecule has 2 saturated heterocycles. The summed E-state index contributed by atoms with van der Waals surface area (Å²) in [4.78, 5) is 29.1. The monoisotopic (exact) mass is 456 g/mol. The predicted molar refractivity (Wildman–Crippen MR) is 118 cm³/mol. The Labute approximate surface area is 190 Å². The smallest absolute Gasteiger partial charge is 0.410 e. The lowest BCUT2D eigenvalue weighted by atomic mass is 9.82. The molecule has 182 valence electrons. The Kier molecular flexibility index (Phi) is 6.33. The van der Waals surface area contributed by atoms with Crippen LogP contribution in [0.15, 0.2) is 12.2 Å². The number of alkyl halides is 2. The molecule has 0 aromatic heterocycles. The van der Waals surface area contributed by atoms with Crippen LogP contribution in [0.25, 0.3) is 0 Å². The van der Waals surface area contributed by atoms with Crippen LogP contribution in [0.4, 0.5) is 18.4 Å². The third kappa shape index (κ3) is 5.54. The molecule has 1 aliphatic carbocycles. The van der Waals surface area contributed by atoms with E-state index in [9.17, 15) is 18.4 Å². The number of carbonyl (C=O) groups is 2. The number of amides is 2. The fourth-order valence-electron chi connectivity index (χ4n) is 4.92. The number of ether oxygens (including phenoxy) is 2. The average molecular weight is 457 g/mol. The highest BCUT2D eigenvalue weighted by Crippen LogP contribution is 2.67. The fraction of sp³-hybridized carbons (Fsp3) is 0.833. The van der Waals surface area contributed by atoms with Crippen molar-refractivity contribution in [1.29, 1.82) is 0 Å². The minimum atomic E-state index is -2.69. The molecule has 3 atom stereocenters. The van der Waals surface area contributed by atoms with E-state index < -0.39 is 40.8 Å². The number of likely N-dealkylation sites (tertiary alicyclic amines) is 2. The maximum absolute atomic E-state index is 14.2. The van der Waals surface area contributed by atoms with Crippen LogP contribution in [0.2, 0.25) is 0 Å². The summed E-state index contributed by atoms with van der Waals surface area (Å²) >= 11 is 0. The molecule has 3 rings (SSSR count). The van der Waals surface area contributed by atoms with Crippen molar-refractivity contribution in [3.8, 4) is 0 Å². The second kappa shape index (κ2) is 8.17. The summed E-state index contributed by atoms with van der Waals surface area (Å²) in [6.07, 6.45) is 1.09. The first kappa shape index (κ1) is 24.8. The highest BCUT2D eigenvalue weighted by Gasteiger charge is 2.72. The second-order valence-electron chi connectivity index (χ2n) is 11.7. The van der Waals surface area contributed by atoms with E-state index in [4.69, 9.17) is 9.47 Å². The number of carbonyl (C=O) groups excluding carboxylic acids is 2. The number of hydrogen-bond acceptors (Lipinski definition) is 4. The van der Waals surface area contributed by atoms with Gasteiger partial charge < -0.3 is 19.3 Å². The van der Waals surface area contributed by atoms with Gasteiger partial charge in [0.2, 0.25) is 0 Å². The molecule has 0 bridgehead atoms. The first-order valence-electron chi connectivity index (χ1n) is 11.6. The van der Waals surface area contributed by atoms with Crippen LogP contribution in [-0.4, -0.2) is 64.3 Å². The van der Waals surface area contributed by atoms with Crippen LogP contribution in [-0.2, 0) is 9.47 Å². The van der Waals surface area contributed by atoms with E-state index >= 15 is 0 Å². The van der Waals surface area contributed by atoms with Gasteiger partial charge in [0.1, 0.15) is 11.2 Å². The molecule has 2 aliphatic heterocycles. The van der Waals surface area contributed by atoms with Crippen molar-refractivity contribution in [2.24, 2.45) is 5.41 Å². The third-order valence-corrected chi connectivity index (χ3v) is 6.58. The van der Waals surface area contributed by atoms with Crippen molar-refractivity contribution in [2.45, 2.75) is 109 Å². The maximum Gasteiger partial charge on any atom is 0.410 e. The molecule has 1 spiro atoms. The molecule has 2 unspecified atom stereocenters. The normalized spacial score (nSPS) is 30.3. The SMILES string of the molecule is C=C1CCN(C(=O)OC(C)(C)C)C(C[C@H]2CC3(CCN2C(=O)OC(C)(C)C)CC3(F)F)C1. The standard InChI is InChI=1S/C24H38F2N2O4/c1-16-8-10-27(19(29)31-21(2,3)4)17(12-16)13-18-14-23(15-24(23,25)26)9-11-28(18)20(30)32-22(5,6)7/h17-18H,1,8-15H2,2-7H3/t17?,18-,23?/m0/s1. The summed E-state index contributed by atoms with van der Waals surface area (Å²) in [5.41, 5.74) is -1.34. The van der Waals surface area contributed by atoms with Crippen LogP contribution in [0.1, 0.15) is 80.1 Å². The highest BCUT2D eigenvalue weighted by atomic mass is 19.3. The van der Waals surface area contributed by atoms with Crippen molar-refractivity contribution in [3.05, 3.63) is 12.2 Å². The third-order valence-electron chi connectivity index (χ3n) is 6.58. The molecule has 0 N–H and O–H groups in total. The van der Waals surface area contributed by atoms with Gasteiger partial charge in [0, 0.05) is 37.0 Å². The van der Waals surface area contributed by atoms with Gasteiger partial charge in [-0.1, -0.05) is 12.2 Å². The number of hydrogen-bond donors (Lipinski definition) is 0. The summed E-state index contributed by atoms with van der Waals surface area (Å²) in [6.45, 7) is 15.6. The molecule has 3 fully saturated rings. The number of rotatable bonds is 2. The van der Waals surface area contributed by atoms with Crippen LogP contribution < -0.4 is 0 Å². The molecular weight excluding hydrogens is 418 g/mol. The van der Waals surface area contributed by atoms with Gasteiger partial charge in [-0.25, -0.2) is 18.4 Å². The van der Waals surface area contributed by atoms with E-state index in [0.29, 0.717) is 25.8 Å². The van der Waals surface area contributed by atoms with Gasteiger partial charge >= 0.3 is 12.2 Å². The molecule has 32 heavy (non-hydrogen) atoms. The Bertz CT molecular complexity index is 771. The lowest BCUT2D eigenvalue weighted by molar-refractivity contribution is -0.0263. The van der Waals surface area contributed by atoms with Crippen molar-refractivity contribution >= 4 is 12.2 Å². The Morgan fingerprint density at radius 3 is 1.97 bits per heavy atom. The molecule has 1 saturated carbocycles. The van der Waals surface area contributed by atoms with Gasteiger partial charge in [-0.2, -0.15) is 0 Å². The summed E-state index contributed by atoms with van der Waals surface area (Å²) in [5.74, 6) is -2.69. The Morgan fingerprint density at radius 1 is 1.00 bits per heavy atom. The number of nitrogens with zero attached hydrogens (tertiary/aromatic N) is 2. The summed E-state index contributed by atoms with van der Waals surface area (Å²) in [5, 5.41) is 0. The first-order valence-corrected chi connectivity index (χ1v) is 11.6. The molecule has 0 aromatic carbocycles. The lowest BCUT2D eigenvalue weighted by Gasteiger charge is -2.44. The largest absolute Gasteiger partial charge is 0.444 e. The maximum atomic E-state index is 14.2. The topological polar surface area (TPSA) is 59.1 Å². The second-order valence-corrected chi connectivity index (χ2v) is 11.7. The van der Waals surface area contributed by atoms with Crippen LogP contribution in [0, 0.1) is 5.41 Å². The quantitative estimate of drug-likeness (QED) is 0.496. The van der Waals surface area contributed by atoms with Gasteiger partial charge in [-0.3, -0.25) is 0 Å². The average Bonchev–Trinajstić information content (AvgIpc) is 3.10. The van der Waals surface area contributed by atoms with Gasteiger partial charge in [0.05, 0.1) is 0 Å². The van der Waals surface area contributed by atoms with Gasteiger partial charge in [0.25, 0.3) is 5.92 Å². The van der Waals surface area contributed by atoms with Gasteiger partial charge in [-0.05, 0) is 73.6 Å². The van der Waals surface area contributed by atoms with E-state index in [1.165, 1.54) is 0 Å². The zero-order valence-corrected chi connectivity index (χ0v) is 20.3. The van der Waals surface area contributed by atoms with Crippen LogP contribution in [0.3, 0.4) is 0 Å². The van der Waals surface area contributed by atoms with Crippen molar-refractivity contribution in [2.75, 3.05) is 13.1 Å². The Hall–Kier alpha value is -1.86. The highest BCUT2D eigenvalue weighted by molar-refractivity contribution is 5.70. The summed E-state index contributed by atoms with van der Waals surface area (Å²) in [6, 6.07) is -0.698. The van der Waals surface area contributed by atoms with Gasteiger partial charge in [0.15, 0.2) is 0 Å². The van der Waals surface area contributed by atoms with Gasteiger partial charge in [-0.15, -0.1) is 0 Å². The molecule has 8 heteroatoms. The van der Waals surface area contributed by atoms with E-state index in [1.807, 2.05) is 20.8 Å². The summed E-state index contributed by atoms with van der Waals surface area (Å²) in [7, 11) is 0. The van der Waals surface area contributed by atoms with E-state index in [1.54, 1.807) is 30.6 Å². The van der Waals surface area contributed by atoms with Crippen molar-refractivity contribution < 1.29 is 27.8 Å². The zero-order valence-electron chi connectivity index (χ0n) is 20.3. The molecule has 0 radical (unpaired) electrons. The molecule has 6 nitrogen and oxygen atoms in total. The minimum absolute atomic E-state index is 0.133. The van der Waals surface area contributed by atoms with Crippen molar-refractivity contribution in [1.82, 2.24) is 9.80 Å². The minimum Gasteiger partial charge on any atom is -0.444 e. The molecule has 2 heterocycles. The predicted octanol–water partition coefficient (Wildman–Crippen LogP) is 5.76. The Morgan fingerprint density at radius 2 is 1.50 bits per heavy atom. The number of halogens is 2. The number of piperidine rings is 2. The van der Waals surface area contributed by atoms with Crippen LogP contribution in [0.5, 0.6) is 0 Å². The Balaban J connectivity index is 1.81. The van der Waals surface area contributed by atoms with E-state index in [-0.39, 0.29) is 31.8 Å². The van der Waals surface area contributed by atoms with E-state index in [0.717, 1.165) is 5.57 Å². The summed E-state index contributed by atoms with van der Waals surface area (Å²) < 4.78 is 39.7. The molecule has 2 amide bonds. The van der Waals surface area contributed by atoms with E-state index in [2.05, 4.69) is 6.58 Å². The fourth-order valence-corrected chi connectivity index (χ4v) is 4.92. The lowest BCUT2D eigenvalue weighted by Crippen LogP contribution is -2.54. The molecule has 0 aromatic rings. The van der Waals surface area contributed by atoms with Crippen LogP contribution >= 0.6 is 0 Å². The van der Waals surface area contributed by atoms with Crippen molar-refractivity contribution in [3.63, 3.8) is 0 Å². The first-order chi connectivity index (χ1) is 14.5. The molecule has 3 aliphatic rings.